The van der Waals surface area contributed by atoms with Gasteiger partial charge in [-0.15, -0.1) is 0 Å². The summed E-state index contributed by atoms with van der Waals surface area (Å²) in [6.45, 7) is 15.6. The summed E-state index contributed by atoms with van der Waals surface area (Å²) >= 11 is 6.46. The predicted octanol–water partition coefficient (Wildman–Crippen LogP) is 4.72. The van der Waals surface area contributed by atoms with Gasteiger partial charge in [-0.3, -0.25) is 4.90 Å². The summed E-state index contributed by atoms with van der Waals surface area (Å²) in [6, 6.07) is 3.67. The fraction of sp³-hybridized carbons (Fsp3) is 0.600. The predicted molar refractivity (Wildman–Crippen MR) is 117 cm³/mol. The third-order valence-corrected chi connectivity index (χ3v) is 9.94. The number of halogens is 1. The Kier molecular flexibility index (Phi) is 7.59. The summed E-state index contributed by atoms with van der Waals surface area (Å²) in [7, 11) is -1.87. The molecule has 1 aliphatic heterocycles. The van der Waals surface area contributed by atoms with Crippen LogP contribution in [-0.2, 0) is 18.8 Å². The third kappa shape index (κ3) is 5.64. The van der Waals surface area contributed by atoms with Crippen molar-refractivity contribution in [2.24, 2.45) is 5.16 Å². The van der Waals surface area contributed by atoms with Gasteiger partial charge in [-0.1, -0.05) is 37.5 Å². The average molecular weight is 443 g/mol. The van der Waals surface area contributed by atoms with Gasteiger partial charge in [0.05, 0.1) is 23.9 Å². The van der Waals surface area contributed by atoms with Crippen LogP contribution in [-0.4, -0.2) is 46.7 Å². The molecule has 0 bridgehead atoms. The molecule has 0 aromatic heterocycles. The number of nitrogens with zero attached hydrogens (tertiary/aromatic N) is 2. The van der Waals surface area contributed by atoms with Crippen molar-refractivity contribution in [3.05, 3.63) is 22.7 Å². The molecular formula is C20H31ClN2O5Si. The van der Waals surface area contributed by atoms with Crippen molar-refractivity contribution in [2.45, 2.75) is 59.0 Å². The molecule has 2 rings (SSSR count). The summed E-state index contributed by atoms with van der Waals surface area (Å²) in [5.41, 5.74) is 1.50. The lowest BCUT2D eigenvalue weighted by molar-refractivity contribution is -0.154. The Hall–Kier alpha value is -1.77. The molecule has 1 unspecified atom stereocenters. The molecular weight excluding hydrogens is 412 g/mol. The quantitative estimate of drug-likeness (QED) is 0.329. The molecule has 1 aromatic carbocycles. The maximum absolute atomic E-state index is 12.2. The first kappa shape index (κ1) is 23.5. The van der Waals surface area contributed by atoms with Gasteiger partial charge in [0.15, 0.2) is 14.1 Å². The van der Waals surface area contributed by atoms with E-state index < -0.39 is 20.5 Å². The highest BCUT2D eigenvalue weighted by molar-refractivity contribution is 6.74. The van der Waals surface area contributed by atoms with Crippen LogP contribution in [0.1, 0.15) is 33.3 Å². The smallest absolute Gasteiger partial charge is 0.372 e. The standard InChI is InChI=1S/C20H31ClN2O5Si/c1-8-25-19(24)18-23(13-22-28-18)16-12-14(2)11-15(21)17(16)26-9-10-27-29(6,7)20(3,4)5/h11-13,18H,8-10H2,1-7H3. The summed E-state index contributed by atoms with van der Waals surface area (Å²) in [6.07, 6.45) is 0.407. The number of anilines is 1. The molecule has 1 aromatic rings. The van der Waals surface area contributed by atoms with E-state index in [1.54, 1.807) is 11.8 Å². The lowest BCUT2D eigenvalue weighted by Crippen LogP contribution is -2.41. The molecule has 0 amide bonds. The van der Waals surface area contributed by atoms with Crippen molar-refractivity contribution in [1.82, 2.24) is 0 Å². The Morgan fingerprint density at radius 2 is 2.00 bits per heavy atom. The van der Waals surface area contributed by atoms with Gasteiger partial charge in [-0.2, -0.15) is 0 Å². The van der Waals surface area contributed by atoms with Crippen LogP contribution in [0.25, 0.3) is 0 Å². The van der Waals surface area contributed by atoms with Crippen LogP contribution >= 0.6 is 11.6 Å². The maximum atomic E-state index is 12.2. The number of hydrogen-bond donors (Lipinski definition) is 0. The molecule has 1 atom stereocenters. The molecule has 0 saturated carbocycles. The lowest BCUT2D eigenvalue weighted by atomic mass is 10.2. The zero-order valence-electron chi connectivity index (χ0n) is 18.2. The lowest BCUT2D eigenvalue weighted by Gasteiger charge is -2.36. The monoisotopic (exact) mass is 442 g/mol. The number of oxime groups is 1. The van der Waals surface area contributed by atoms with Gasteiger partial charge in [0, 0.05) is 0 Å². The normalized spacial score (nSPS) is 16.7. The molecule has 7 nitrogen and oxygen atoms in total. The number of rotatable bonds is 8. The van der Waals surface area contributed by atoms with Crippen LogP contribution in [0.2, 0.25) is 23.2 Å². The number of ether oxygens (including phenoxy) is 2. The van der Waals surface area contributed by atoms with Gasteiger partial charge in [-0.05, 0) is 49.7 Å². The zero-order chi connectivity index (χ0) is 21.8. The fourth-order valence-electron chi connectivity index (χ4n) is 2.51. The minimum absolute atomic E-state index is 0.121. The van der Waals surface area contributed by atoms with Gasteiger partial charge in [0.1, 0.15) is 12.9 Å². The van der Waals surface area contributed by atoms with E-state index in [4.69, 9.17) is 30.3 Å². The van der Waals surface area contributed by atoms with Crippen LogP contribution in [0.5, 0.6) is 5.75 Å². The topological polar surface area (TPSA) is 69.6 Å². The van der Waals surface area contributed by atoms with Gasteiger partial charge in [0.25, 0.3) is 0 Å². The van der Waals surface area contributed by atoms with Crippen molar-refractivity contribution < 1.29 is 23.5 Å². The maximum Gasteiger partial charge on any atom is 0.372 e. The third-order valence-electron chi connectivity index (χ3n) is 5.12. The van der Waals surface area contributed by atoms with E-state index in [-0.39, 0.29) is 11.6 Å². The highest BCUT2D eigenvalue weighted by atomic mass is 35.5. The van der Waals surface area contributed by atoms with Gasteiger partial charge in [-0.25, -0.2) is 4.79 Å². The largest absolute Gasteiger partial charge is 0.487 e. The summed E-state index contributed by atoms with van der Waals surface area (Å²) < 4.78 is 17.2. The Morgan fingerprint density at radius 3 is 2.62 bits per heavy atom. The van der Waals surface area contributed by atoms with Crippen LogP contribution in [0.3, 0.4) is 0 Å². The highest BCUT2D eigenvalue weighted by Gasteiger charge is 2.37. The number of aryl methyl sites for hydroxylation is 1. The molecule has 0 radical (unpaired) electrons. The number of esters is 1. The number of benzene rings is 1. The van der Waals surface area contributed by atoms with Crippen LogP contribution in [0.4, 0.5) is 5.69 Å². The first-order valence-corrected chi connectivity index (χ1v) is 13.0. The molecule has 0 fully saturated rings. The number of carbonyl (C=O) groups is 1. The van der Waals surface area contributed by atoms with Crippen molar-refractivity contribution in [3.8, 4) is 5.75 Å². The van der Waals surface area contributed by atoms with Crippen LogP contribution in [0, 0.1) is 6.92 Å². The molecule has 0 spiro atoms. The highest BCUT2D eigenvalue weighted by Crippen LogP contribution is 2.39. The molecule has 9 heteroatoms. The van der Waals surface area contributed by atoms with Crippen LogP contribution < -0.4 is 9.64 Å². The molecule has 0 N–H and O–H groups in total. The summed E-state index contributed by atoms with van der Waals surface area (Å²) in [4.78, 5) is 19.0. The van der Waals surface area contributed by atoms with E-state index in [0.717, 1.165) is 5.56 Å². The van der Waals surface area contributed by atoms with Crippen molar-refractivity contribution >= 4 is 37.9 Å². The molecule has 29 heavy (non-hydrogen) atoms. The van der Waals surface area contributed by atoms with Gasteiger partial charge in [0.2, 0.25) is 0 Å². The Morgan fingerprint density at radius 1 is 1.31 bits per heavy atom. The van der Waals surface area contributed by atoms with Gasteiger partial charge >= 0.3 is 12.2 Å². The van der Waals surface area contributed by atoms with Crippen molar-refractivity contribution in [3.63, 3.8) is 0 Å². The van der Waals surface area contributed by atoms with Gasteiger partial charge < -0.3 is 18.7 Å². The Bertz CT molecular complexity index is 764. The van der Waals surface area contributed by atoms with E-state index in [1.165, 1.54) is 6.34 Å². The average Bonchev–Trinajstić information content (AvgIpc) is 3.08. The van der Waals surface area contributed by atoms with E-state index in [9.17, 15) is 4.79 Å². The minimum atomic E-state index is -1.87. The number of hydrogen-bond acceptors (Lipinski definition) is 7. The van der Waals surface area contributed by atoms with E-state index in [2.05, 4.69) is 39.0 Å². The molecule has 162 valence electrons. The summed E-state index contributed by atoms with van der Waals surface area (Å²) in [5.74, 6) is -0.0859. The number of carbonyl (C=O) groups excluding carboxylic acids is 1. The molecule has 1 aliphatic rings. The zero-order valence-corrected chi connectivity index (χ0v) is 20.0. The first-order valence-electron chi connectivity index (χ1n) is 9.69. The van der Waals surface area contributed by atoms with E-state index in [1.807, 2.05) is 19.1 Å². The van der Waals surface area contributed by atoms with E-state index >= 15 is 0 Å². The Labute approximate surface area is 179 Å². The van der Waals surface area contributed by atoms with Crippen molar-refractivity contribution in [1.29, 1.82) is 0 Å². The first-order chi connectivity index (χ1) is 13.5. The van der Waals surface area contributed by atoms with Crippen LogP contribution in [0.15, 0.2) is 17.3 Å². The second-order valence-electron chi connectivity index (χ2n) is 8.39. The van der Waals surface area contributed by atoms with E-state index in [0.29, 0.717) is 29.7 Å². The second-order valence-corrected chi connectivity index (χ2v) is 13.6. The molecule has 1 heterocycles. The summed E-state index contributed by atoms with van der Waals surface area (Å²) in [5, 5.41) is 4.33. The molecule has 0 aliphatic carbocycles. The minimum Gasteiger partial charge on any atom is -0.487 e. The fourth-order valence-corrected chi connectivity index (χ4v) is 3.86. The SMILES string of the molecule is CCOC(=O)C1ON=CN1c1cc(C)cc(Cl)c1OCCO[Si](C)(C)C(C)(C)C. The second kappa shape index (κ2) is 9.36. The molecule has 0 saturated heterocycles. The van der Waals surface area contributed by atoms with Crippen molar-refractivity contribution in [2.75, 3.05) is 24.7 Å². The Balaban J connectivity index is 2.17.